The van der Waals surface area contributed by atoms with E-state index in [2.05, 4.69) is 10.2 Å². The van der Waals surface area contributed by atoms with Crippen LogP contribution >= 0.6 is 0 Å². The number of carbonyl (C=O) groups is 1. The summed E-state index contributed by atoms with van der Waals surface area (Å²) < 4.78 is 10.5. The van der Waals surface area contributed by atoms with Crippen molar-refractivity contribution in [2.45, 2.75) is 19.3 Å². The van der Waals surface area contributed by atoms with E-state index in [1.165, 1.54) is 0 Å². The quantitative estimate of drug-likeness (QED) is 0.890. The van der Waals surface area contributed by atoms with E-state index in [9.17, 15) is 4.79 Å². The fourth-order valence-corrected chi connectivity index (χ4v) is 1.63. The Balaban J connectivity index is 2.17. The number of hydrogen-bond donors (Lipinski definition) is 1. The summed E-state index contributed by atoms with van der Waals surface area (Å²) in [6, 6.07) is 7.19. The van der Waals surface area contributed by atoms with Gasteiger partial charge in [-0.05, 0) is 24.3 Å². The Morgan fingerprint density at radius 3 is 2.63 bits per heavy atom. The highest BCUT2D eigenvalue weighted by Crippen LogP contribution is 2.24. The van der Waals surface area contributed by atoms with E-state index in [1.54, 1.807) is 38.3 Å². The fraction of sp³-hybridized carbons (Fsp3) is 0.308. The van der Waals surface area contributed by atoms with Crippen LogP contribution in [0.3, 0.4) is 0 Å². The Kier molecular flexibility index (Phi) is 3.79. The van der Waals surface area contributed by atoms with Gasteiger partial charge in [0.1, 0.15) is 5.75 Å². The second kappa shape index (κ2) is 5.51. The van der Waals surface area contributed by atoms with Gasteiger partial charge in [-0.25, -0.2) is 0 Å². The molecule has 6 heteroatoms. The Morgan fingerprint density at radius 1 is 1.37 bits per heavy atom. The second-order valence-electron chi connectivity index (χ2n) is 4.17. The summed E-state index contributed by atoms with van der Waals surface area (Å²) in [5.74, 6) is 0.236. The van der Waals surface area contributed by atoms with Crippen LogP contribution in [0, 0.1) is 0 Å². The molecule has 1 atom stereocenters. The van der Waals surface area contributed by atoms with E-state index in [4.69, 9.17) is 14.3 Å². The minimum atomic E-state index is -0.892. The molecule has 2 rings (SSSR count). The maximum atomic E-state index is 10.6. The number of carboxylic acids is 1. The highest BCUT2D eigenvalue weighted by atomic mass is 16.5. The first-order valence-electron chi connectivity index (χ1n) is 5.79. The number of aromatic nitrogens is 2. The van der Waals surface area contributed by atoms with Crippen LogP contribution in [0.4, 0.5) is 0 Å². The predicted molar refractivity (Wildman–Crippen MR) is 67.0 cm³/mol. The molecule has 0 bridgehead atoms. The van der Waals surface area contributed by atoms with Gasteiger partial charge in [0.05, 0.1) is 13.5 Å². The van der Waals surface area contributed by atoms with E-state index in [0.717, 1.165) is 11.3 Å². The zero-order valence-electron chi connectivity index (χ0n) is 10.7. The number of carboxylic acid groups (broad SMARTS) is 1. The molecular formula is C13H14N2O4. The molecule has 2 aromatic rings. The van der Waals surface area contributed by atoms with Crippen molar-refractivity contribution in [3.05, 3.63) is 30.2 Å². The van der Waals surface area contributed by atoms with Gasteiger partial charge in [0.15, 0.2) is 0 Å². The van der Waals surface area contributed by atoms with Crippen LogP contribution in [-0.2, 0) is 4.79 Å². The first-order chi connectivity index (χ1) is 9.10. The Hall–Kier alpha value is -2.37. The lowest BCUT2D eigenvalue weighted by atomic mass is 10.1. The van der Waals surface area contributed by atoms with E-state index in [-0.39, 0.29) is 12.3 Å². The molecule has 1 aromatic carbocycles. The van der Waals surface area contributed by atoms with Crippen molar-refractivity contribution in [2.24, 2.45) is 0 Å². The summed E-state index contributed by atoms with van der Waals surface area (Å²) in [5.41, 5.74) is 0.766. The van der Waals surface area contributed by atoms with E-state index >= 15 is 0 Å². The van der Waals surface area contributed by atoms with Gasteiger partial charge in [0.2, 0.25) is 11.8 Å². The molecule has 0 aliphatic carbocycles. The number of aliphatic carboxylic acids is 1. The van der Waals surface area contributed by atoms with Crippen LogP contribution in [0.25, 0.3) is 11.5 Å². The molecule has 19 heavy (non-hydrogen) atoms. The molecule has 0 spiro atoms. The highest BCUT2D eigenvalue weighted by Gasteiger charge is 2.17. The van der Waals surface area contributed by atoms with Gasteiger partial charge >= 0.3 is 5.97 Å². The molecule has 0 amide bonds. The van der Waals surface area contributed by atoms with Crippen molar-refractivity contribution in [3.8, 4) is 17.2 Å². The van der Waals surface area contributed by atoms with Crippen LogP contribution in [0.2, 0.25) is 0 Å². The lowest BCUT2D eigenvalue weighted by molar-refractivity contribution is -0.137. The van der Waals surface area contributed by atoms with Crippen molar-refractivity contribution >= 4 is 5.97 Å². The summed E-state index contributed by atoms with van der Waals surface area (Å²) in [6.45, 7) is 1.74. The molecule has 1 N–H and O–H groups in total. The van der Waals surface area contributed by atoms with Crippen molar-refractivity contribution in [1.29, 1.82) is 0 Å². The summed E-state index contributed by atoms with van der Waals surface area (Å²) >= 11 is 0. The summed E-state index contributed by atoms with van der Waals surface area (Å²) in [7, 11) is 1.59. The van der Waals surface area contributed by atoms with Gasteiger partial charge in [-0.2, -0.15) is 0 Å². The molecule has 0 aliphatic heterocycles. The SMILES string of the molecule is COc1ccc(-c2nnc(C(C)CC(=O)O)o2)cc1. The average molecular weight is 262 g/mol. The number of hydrogen-bond acceptors (Lipinski definition) is 5. The average Bonchev–Trinajstić information content (AvgIpc) is 2.88. The topological polar surface area (TPSA) is 85.5 Å². The Labute approximate surface area is 110 Å². The first kappa shape index (κ1) is 13.1. The van der Waals surface area contributed by atoms with Crippen molar-refractivity contribution < 1.29 is 19.1 Å². The van der Waals surface area contributed by atoms with Crippen molar-refractivity contribution in [1.82, 2.24) is 10.2 Å². The largest absolute Gasteiger partial charge is 0.497 e. The van der Waals surface area contributed by atoms with E-state index < -0.39 is 5.97 Å². The lowest BCUT2D eigenvalue weighted by Gasteiger charge is -2.01. The van der Waals surface area contributed by atoms with Gasteiger partial charge in [0.25, 0.3) is 0 Å². The monoisotopic (exact) mass is 262 g/mol. The molecule has 0 aliphatic rings. The second-order valence-corrected chi connectivity index (χ2v) is 4.17. The van der Waals surface area contributed by atoms with E-state index in [1.807, 2.05) is 0 Å². The lowest BCUT2D eigenvalue weighted by Crippen LogP contribution is -2.02. The van der Waals surface area contributed by atoms with Crippen molar-refractivity contribution in [2.75, 3.05) is 7.11 Å². The molecule has 0 saturated heterocycles. The first-order valence-corrected chi connectivity index (χ1v) is 5.79. The van der Waals surface area contributed by atoms with Crippen LogP contribution in [0.1, 0.15) is 25.2 Å². The summed E-state index contributed by atoms with van der Waals surface area (Å²) in [4.78, 5) is 10.6. The summed E-state index contributed by atoms with van der Waals surface area (Å²) in [5, 5.41) is 16.5. The molecule has 6 nitrogen and oxygen atoms in total. The maximum absolute atomic E-state index is 10.6. The maximum Gasteiger partial charge on any atom is 0.304 e. The zero-order chi connectivity index (χ0) is 13.8. The number of benzene rings is 1. The molecule has 0 radical (unpaired) electrons. The Bertz CT molecular complexity index is 562. The third-order valence-corrected chi connectivity index (χ3v) is 2.68. The molecule has 1 heterocycles. The minimum absolute atomic E-state index is 0.0375. The molecule has 100 valence electrons. The van der Waals surface area contributed by atoms with Gasteiger partial charge in [0, 0.05) is 11.5 Å². The smallest absolute Gasteiger partial charge is 0.304 e. The standard InChI is InChI=1S/C13H14N2O4/c1-8(7-11(16)17)12-14-15-13(19-12)9-3-5-10(18-2)6-4-9/h3-6,8H,7H2,1-2H3,(H,16,17). The number of nitrogens with zero attached hydrogens (tertiary/aromatic N) is 2. The van der Waals surface area contributed by atoms with Crippen LogP contribution in [0.15, 0.2) is 28.7 Å². The number of methoxy groups -OCH3 is 1. The van der Waals surface area contributed by atoms with Gasteiger partial charge in [-0.15, -0.1) is 10.2 Å². The van der Waals surface area contributed by atoms with Gasteiger partial charge in [-0.3, -0.25) is 4.79 Å². The van der Waals surface area contributed by atoms with Crippen LogP contribution < -0.4 is 4.74 Å². The predicted octanol–water partition coefficient (Wildman–Crippen LogP) is 2.32. The molecule has 1 aromatic heterocycles. The highest BCUT2D eigenvalue weighted by molar-refractivity contribution is 5.67. The third-order valence-electron chi connectivity index (χ3n) is 2.68. The third kappa shape index (κ3) is 3.09. The molecular weight excluding hydrogens is 248 g/mol. The normalized spacial score (nSPS) is 12.1. The Morgan fingerprint density at radius 2 is 2.05 bits per heavy atom. The number of ether oxygens (including phenoxy) is 1. The van der Waals surface area contributed by atoms with Crippen LogP contribution in [0.5, 0.6) is 5.75 Å². The number of rotatable bonds is 5. The summed E-state index contributed by atoms with van der Waals surface area (Å²) in [6.07, 6.45) is -0.0375. The zero-order valence-corrected chi connectivity index (χ0v) is 10.7. The molecule has 1 unspecified atom stereocenters. The molecule has 0 fully saturated rings. The minimum Gasteiger partial charge on any atom is -0.497 e. The van der Waals surface area contributed by atoms with E-state index in [0.29, 0.717) is 11.8 Å². The van der Waals surface area contributed by atoms with Crippen LogP contribution in [-0.4, -0.2) is 28.4 Å². The molecule has 0 saturated carbocycles. The van der Waals surface area contributed by atoms with Gasteiger partial charge in [-0.1, -0.05) is 6.92 Å². The fourth-order valence-electron chi connectivity index (χ4n) is 1.63. The van der Waals surface area contributed by atoms with Gasteiger partial charge < -0.3 is 14.3 Å². The van der Waals surface area contributed by atoms with Crippen molar-refractivity contribution in [3.63, 3.8) is 0 Å².